The van der Waals surface area contributed by atoms with E-state index in [4.69, 9.17) is 14.2 Å². The Morgan fingerprint density at radius 2 is 1.60 bits per heavy atom. The summed E-state index contributed by atoms with van der Waals surface area (Å²) >= 11 is 0. The molecule has 10 heteroatoms. The van der Waals surface area contributed by atoms with E-state index in [0.29, 0.717) is 36.9 Å². The number of esters is 2. The Balaban J connectivity index is 1.35. The van der Waals surface area contributed by atoms with Gasteiger partial charge in [0.25, 0.3) is 5.91 Å². The molecule has 1 aliphatic heterocycles. The minimum Gasteiger partial charge on any atom is -0.493 e. The summed E-state index contributed by atoms with van der Waals surface area (Å²) < 4.78 is 20.2. The Morgan fingerprint density at radius 3 is 2.20 bits per heavy atom. The van der Waals surface area contributed by atoms with Crippen LogP contribution >= 0.6 is 0 Å². The van der Waals surface area contributed by atoms with E-state index < -0.39 is 12.1 Å². The Morgan fingerprint density at radius 1 is 0.943 bits per heavy atom. The first-order valence-electron chi connectivity index (χ1n) is 12.0. The van der Waals surface area contributed by atoms with Gasteiger partial charge in [-0.15, -0.1) is 0 Å². The number of amides is 2. The van der Waals surface area contributed by atoms with E-state index in [1.807, 2.05) is 0 Å². The lowest BCUT2D eigenvalue weighted by Crippen LogP contribution is -2.40. The third-order valence-corrected chi connectivity index (χ3v) is 6.52. The van der Waals surface area contributed by atoms with Gasteiger partial charge >= 0.3 is 18.0 Å². The molecule has 0 aromatic heterocycles. The first-order chi connectivity index (χ1) is 16.9. The van der Waals surface area contributed by atoms with Gasteiger partial charge in [-0.05, 0) is 68.7 Å². The number of hydrogen-bond acceptors (Lipinski definition) is 8. The number of nitrogens with zero attached hydrogens (tertiary/aromatic N) is 1. The maximum atomic E-state index is 12.6. The second-order valence-corrected chi connectivity index (χ2v) is 8.97. The monoisotopic (exact) mass is 490 g/mol. The van der Waals surface area contributed by atoms with Gasteiger partial charge in [0.2, 0.25) is 6.79 Å². The molecule has 0 atom stereocenters. The van der Waals surface area contributed by atoms with Gasteiger partial charge in [-0.25, -0.2) is 4.79 Å². The Bertz CT molecular complexity index is 872. The number of ether oxygens (including phenoxy) is 4. The second-order valence-electron chi connectivity index (χ2n) is 8.97. The normalized spacial score (nSPS) is 20.5. The number of carbonyl (C=O) groups excluding carboxylic acids is 4. The van der Waals surface area contributed by atoms with Gasteiger partial charge in [0.1, 0.15) is 5.75 Å². The zero-order valence-corrected chi connectivity index (χ0v) is 20.3. The van der Waals surface area contributed by atoms with Gasteiger partial charge in [0.05, 0.1) is 19.6 Å². The SMILES string of the molecule is COC(=O)C1CCC(NC(=O)c2ccc(OCC3CCN(C(=O)OCOC(C)=O)CC3)cc2)CC1. The number of carbonyl (C=O) groups is 4. The molecule has 1 aliphatic carbocycles. The lowest BCUT2D eigenvalue weighted by Gasteiger charge is -2.31. The number of rotatable bonds is 8. The molecule has 2 aliphatic rings. The maximum Gasteiger partial charge on any atom is 0.412 e. The number of methoxy groups -OCH3 is 1. The fourth-order valence-corrected chi connectivity index (χ4v) is 4.36. The fraction of sp³-hybridized carbons (Fsp3) is 0.600. The van der Waals surface area contributed by atoms with Crippen molar-refractivity contribution < 1.29 is 38.1 Å². The van der Waals surface area contributed by atoms with Crippen molar-refractivity contribution >= 4 is 23.9 Å². The number of benzene rings is 1. The Hall–Kier alpha value is -3.30. The van der Waals surface area contributed by atoms with E-state index in [1.165, 1.54) is 14.0 Å². The molecule has 0 unspecified atom stereocenters. The first-order valence-corrected chi connectivity index (χ1v) is 12.0. The van der Waals surface area contributed by atoms with E-state index in [-0.39, 0.29) is 30.6 Å². The minimum atomic E-state index is -0.498. The lowest BCUT2D eigenvalue weighted by molar-refractivity contribution is -0.150. The Kier molecular flexibility index (Phi) is 9.75. The highest BCUT2D eigenvalue weighted by Crippen LogP contribution is 2.26. The largest absolute Gasteiger partial charge is 0.493 e. The van der Waals surface area contributed by atoms with Crippen LogP contribution in [-0.2, 0) is 23.8 Å². The number of likely N-dealkylation sites (tertiary alicyclic amines) is 1. The van der Waals surface area contributed by atoms with Crippen LogP contribution in [-0.4, -0.2) is 68.5 Å². The molecule has 2 fully saturated rings. The third kappa shape index (κ3) is 8.15. The van der Waals surface area contributed by atoms with E-state index in [2.05, 4.69) is 10.1 Å². The van der Waals surface area contributed by atoms with E-state index in [9.17, 15) is 19.2 Å². The van der Waals surface area contributed by atoms with Crippen LogP contribution in [0, 0.1) is 11.8 Å². The van der Waals surface area contributed by atoms with Crippen LogP contribution in [0.25, 0.3) is 0 Å². The summed E-state index contributed by atoms with van der Waals surface area (Å²) in [5, 5.41) is 3.05. The molecule has 2 amide bonds. The van der Waals surface area contributed by atoms with Crippen LogP contribution in [0.5, 0.6) is 5.75 Å². The highest BCUT2D eigenvalue weighted by molar-refractivity contribution is 5.94. The quantitative estimate of drug-likeness (QED) is 0.436. The predicted molar refractivity (Wildman–Crippen MR) is 125 cm³/mol. The summed E-state index contributed by atoms with van der Waals surface area (Å²) in [6.07, 6.45) is 4.03. The summed E-state index contributed by atoms with van der Waals surface area (Å²) in [6, 6.07) is 7.11. The van der Waals surface area contributed by atoms with Crippen molar-refractivity contribution in [2.45, 2.75) is 51.5 Å². The second kappa shape index (κ2) is 13.0. The van der Waals surface area contributed by atoms with Crippen molar-refractivity contribution in [3.63, 3.8) is 0 Å². The summed E-state index contributed by atoms with van der Waals surface area (Å²) in [5.74, 6) is 0.111. The maximum absolute atomic E-state index is 12.6. The van der Waals surface area contributed by atoms with Crippen LogP contribution in [0.1, 0.15) is 55.8 Å². The van der Waals surface area contributed by atoms with Crippen molar-refractivity contribution in [2.24, 2.45) is 11.8 Å². The molecule has 1 saturated carbocycles. The predicted octanol–water partition coefficient (Wildman–Crippen LogP) is 2.90. The first kappa shape index (κ1) is 26.3. The smallest absolute Gasteiger partial charge is 0.412 e. The van der Waals surface area contributed by atoms with E-state index >= 15 is 0 Å². The third-order valence-electron chi connectivity index (χ3n) is 6.52. The zero-order chi connectivity index (χ0) is 25.2. The number of nitrogens with one attached hydrogen (secondary N) is 1. The molecule has 1 saturated heterocycles. The number of piperidine rings is 1. The zero-order valence-electron chi connectivity index (χ0n) is 20.3. The molecule has 192 valence electrons. The van der Waals surface area contributed by atoms with Crippen LogP contribution in [0.4, 0.5) is 4.79 Å². The van der Waals surface area contributed by atoms with Crippen molar-refractivity contribution in [1.82, 2.24) is 10.2 Å². The van der Waals surface area contributed by atoms with Crippen molar-refractivity contribution in [3.8, 4) is 5.75 Å². The summed E-state index contributed by atoms with van der Waals surface area (Å²) in [7, 11) is 1.40. The molecule has 1 N–H and O–H groups in total. The van der Waals surface area contributed by atoms with Gasteiger partial charge in [-0.2, -0.15) is 0 Å². The topological polar surface area (TPSA) is 120 Å². The molecule has 3 rings (SSSR count). The standard InChI is InChI=1S/C25H34N2O8/c1-17(28)34-16-35-25(31)27-13-11-18(12-14-27)15-33-22-9-5-19(6-10-22)23(29)26-21-7-3-20(4-8-21)24(30)32-2/h5-6,9-10,18,20-21H,3-4,7-8,11-16H2,1-2H3,(H,26,29). The van der Waals surface area contributed by atoms with Gasteiger partial charge in [-0.3, -0.25) is 14.4 Å². The molecule has 0 spiro atoms. The minimum absolute atomic E-state index is 0.0594. The molecule has 0 radical (unpaired) electrons. The average molecular weight is 491 g/mol. The van der Waals surface area contributed by atoms with Gasteiger partial charge < -0.3 is 29.2 Å². The molecular formula is C25H34N2O8. The van der Waals surface area contributed by atoms with Crippen molar-refractivity contribution in [1.29, 1.82) is 0 Å². The van der Waals surface area contributed by atoms with Crippen LogP contribution in [0.3, 0.4) is 0 Å². The van der Waals surface area contributed by atoms with Crippen LogP contribution in [0.2, 0.25) is 0 Å². The van der Waals surface area contributed by atoms with Crippen molar-refractivity contribution in [3.05, 3.63) is 29.8 Å². The average Bonchev–Trinajstić information content (AvgIpc) is 2.87. The molecule has 10 nitrogen and oxygen atoms in total. The molecule has 1 aromatic rings. The molecule has 1 heterocycles. The van der Waals surface area contributed by atoms with E-state index in [1.54, 1.807) is 29.2 Å². The summed E-state index contributed by atoms with van der Waals surface area (Å²) in [4.78, 5) is 48.5. The number of hydrogen-bond donors (Lipinski definition) is 1. The highest BCUT2D eigenvalue weighted by atomic mass is 16.7. The van der Waals surface area contributed by atoms with Gasteiger partial charge in [-0.1, -0.05) is 0 Å². The summed E-state index contributed by atoms with van der Waals surface area (Å²) in [5.41, 5.74) is 0.563. The molecule has 35 heavy (non-hydrogen) atoms. The van der Waals surface area contributed by atoms with Crippen LogP contribution < -0.4 is 10.1 Å². The van der Waals surface area contributed by atoms with Crippen molar-refractivity contribution in [2.75, 3.05) is 33.6 Å². The van der Waals surface area contributed by atoms with Gasteiger partial charge in [0.15, 0.2) is 0 Å². The fourth-order valence-electron chi connectivity index (χ4n) is 4.36. The molecular weight excluding hydrogens is 456 g/mol. The van der Waals surface area contributed by atoms with E-state index in [0.717, 1.165) is 38.5 Å². The van der Waals surface area contributed by atoms with Gasteiger partial charge in [0, 0.05) is 31.6 Å². The molecule has 0 bridgehead atoms. The molecule has 1 aromatic carbocycles. The highest BCUT2D eigenvalue weighted by Gasteiger charge is 2.28. The summed E-state index contributed by atoms with van der Waals surface area (Å²) in [6.45, 7) is 2.50. The lowest BCUT2D eigenvalue weighted by atomic mass is 9.86. The Labute approximate surface area is 205 Å². The van der Waals surface area contributed by atoms with Crippen LogP contribution in [0.15, 0.2) is 24.3 Å².